The number of aliphatic hydroxyl groups is 1. The second-order valence-corrected chi connectivity index (χ2v) is 10.4. The zero-order chi connectivity index (χ0) is 26.0. The Morgan fingerprint density at radius 1 is 1.05 bits per heavy atom. The highest BCUT2D eigenvalue weighted by Crippen LogP contribution is 2.38. The van der Waals surface area contributed by atoms with Crippen LogP contribution in [0.1, 0.15) is 45.8 Å². The van der Waals surface area contributed by atoms with Crippen molar-refractivity contribution in [2.24, 2.45) is 5.92 Å². The number of carbonyl (C=O) groups excluding carboxylic acids is 2. The average Bonchev–Trinajstić information content (AvgIpc) is 3.27. The standard InChI is InChI=1S/C29H33N3O5/c1-20-26(21(2)37-31-20)27(33)30-15-18-32-16-13-22(14-17-32)25(19-32)36-28(34)29(35,23-9-5-3-6-10-23)24-11-7-4-8-12-24/h3-12,22,25,35H,13-19H2,1-2H3/p+1/t22?,25-,32?/m0/s1. The number of benzene rings is 2. The van der Waals surface area contributed by atoms with E-state index < -0.39 is 11.6 Å². The first kappa shape index (κ1) is 25.2. The van der Waals surface area contributed by atoms with Crippen LogP contribution in [0.2, 0.25) is 0 Å². The SMILES string of the molecule is Cc1noc(C)c1C(=O)NCC[N+]12CCC(CC1)[C@@H](OC(=O)C(O)(c1ccccc1)c1ccccc1)C2. The molecule has 194 valence electrons. The van der Waals surface area contributed by atoms with E-state index in [1.807, 2.05) is 36.4 Å². The third-order valence-corrected chi connectivity index (χ3v) is 8.11. The molecule has 4 heterocycles. The highest BCUT2D eigenvalue weighted by Gasteiger charge is 2.50. The topological polar surface area (TPSA) is 102 Å². The van der Waals surface area contributed by atoms with Crippen LogP contribution >= 0.6 is 0 Å². The van der Waals surface area contributed by atoms with Crippen molar-refractivity contribution in [2.75, 3.05) is 32.7 Å². The van der Waals surface area contributed by atoms with Gasteiger partial charge in [0.15, 0.2) is 6.10 Å². The normalized spacial score (nSPS) is 23.0. The van der Waals surface area contributed by atoms with Crippen LogP contribution in [0.5, 0.6) is 0 Å². The minimum Gasteiger partial charge on any atom is -0.453 e. The Hall–Kier alpha value is -3.49. The summed E-state index contributed by atoms with van der Waals surface area (Å²) in [6, 6.07) is 17.9. The first-order valence-electron chi connectivity index (χ1n) is 12.9. The summed E-state index contributed by atoms with van der Waals surface area (Å²) < 4.78 is 12.0. The fourth-order valence-electron chi connectivity index (χ4n) is 5.96. The van der Waals surface area contributed by atoms with Crippen molar-refractivity contribution in [3.8, 4) is 0 Å². The Balaban J connectivity index is 1.28. The second kappa shape index (κ2) is 10.1. The van der Waals surface area contributed by atoms with Gasteiger partial charge in [0.05, 0.1) is 31.9 Å². The molecule has 1 aromatic heterocycles. The van der Waals surface area contributed by atoms with Crippen molar-refractivity contribution in [2.45, 2.75) is 38.4 Å². The predicted molar refractivity (Wildman–Crippen MR) is 137 cm³/mol. The van der Waals surface area contributed by atoms with Gasteiger partial charge in [0.2, 0.25) is 5.60 Å². The molecule has 1 amide bonds. The third-order valence-electron chi connectivity index (χ3n) is 8.11. The van der Waals surface area contributed by atoms with Crippen LogP contribution in [-0.2, 0) is 15.1 Å². The summed E-state index contributed by atoms with van der Waals surface area (Å²) in [5.41, 5.74) is 0.154. The summed E-state index contributed by atoms with van der Waals surface area (Å²) in [7, 11) is 0. The highest BCUT2D eigenvalue weighted by atomic mass is 16.6. The summed E-state index contributed by atoms with van der Waals surface area (Å²) in [6.45, 7) is 7.40. The number of aromatic nitrogens is 1. The number of amides is 1. The highest BCUT2D eigenvalue weighted by molar-refractivity contribution is 5.96. The van der Waals surface area contributed by atoms with E-state index >= 15 is 0 Å². The molecule has 3 aromatic rings. The number of quaternary nitrogens is 1. The number of hydrogen-bond acceptors (Lipinski definition) is 6. The quantitative estimate of drug-likeness (QED) is 0.361. The molecule has 8 nitrogen and oxygen atoms in total. The minimum absolute atomic E-state index is 0.180. The molecule has 6 rings (SSSR count). The van der Waals surface area contributed by atoms with Gasteiger partial charge in [-0.15, -0.1) is 0 Å². The number of fused-ring (bicyclic) bond motifs is 3. The Kier molecular flexibility index (Phi) is 6.88. The number of carbonyl (C=O) groups is 2. The summed E-state index contributed by atoms with van der Waals surface area (Å²) >= 11 is 0. The van der Waals surface area contributed by atoms with E-state index in [0.29, 0.717) is 41.2 Å². The zero-order valence-electron chi connectivity index (χ0n) is 21.4. The molecule has 8 heteroatoms. The molecule has 37 heavy (non-hydrogen) atoms. The van der Waals surface area contributed by atoms with E-state index in [0.717, 1.165) is 37.0 Å². The van der Waals surface area contributed by atoms with Crippen molar-refractivity contribution in [1.29, 1.82) is 0 Å². The molecule has 0 radical (unpaired) electrons. The van der Waals surface area contributed by atoms with Crippen LogP contribution in [0.15, 0.2) is 65.2 Å². The summed E-state index contributed by atoms with van der Waals surface area (Å²) in [5, 5.41) is 18.7. The van der Waals surface area contributed by atoms with Gasteiger partial charge in [0.1, 0.15) is 17.9 Å². The van der Waals surface area contributed by atoms with E-state index in [1.165, 1.54) is 0 Å². The number of esters is 1. The van der Waals surface area contributed by atoms with Crippen LogP contribution in [0.3, 0.4) is 0 Å². The molecule has 0 unspecified atom stereocenters. The molecule has 0 saturated carbocycles. The number of nitrogens with one attached hydrogen (secondary N) is 1. The number of nitrogens with zero attached hydrogens (tertiary/aromatic N) is 2. The smallest absolute Gasteiger partial charge is 0.348 e. The molecule has 0 aliphatic carbocycles. The maximum atomic E-state index is 13.7. The second-order valence-electron chi connectivity index (χ2n) is 10.4. The summed E-state index contributed by atoms with van der Waals surface area (Å²) in [6.07, 6.45) is 1.61. The van der Waals surface area contributed by atoms with Gasteiger partial charge in [-0.05, 0) is 25.0 Å². The lowest BCUT2D eigenvalue weighted by Gasteiger charge is -2.52. The molecular weight excluding hydrogens is 470 g/mol. The Labute approximate surface area is 216 Å². The van der Waals surface area contributed by atoms with Crippen LogP contribution in [0, 0.1) is 19.8 Å². The molecule has 3 aliphatic rings. The van der Waals surface area contributed by atoms with Gasteiger partial charge in [-0.2, -0.15) is 0 Å². The van der Waals surface area contributed by atoms with Gasteiger partial charge in [0, 0.05) is 18.8 Å². The number of piperidine rings is 3. The van der Waals surface area contributed by atoms with Crippen molar-refractivity contribution in [3.63, 3.8) is 0 Å². The lowest BCUT2D eigenvalue weighted by molar-refractivity contribution is -0.945. The van der Waals surface area contributed by atoms with Crippen molar-refractivity contribution >= 4 is 11.9 Å². The van der Waals surface area contributed by atoms with Gasteiger partial charge < -0.3 is 24.2 Å². The molecule has 3 fully saturated rings. The van der Waals surface area contributed by atoms with Crippen molar-refractivity contribution < 1.29 is 28.4 Å². The number of rotatable bonds is 8. The zero-order valence-corrected chi connectivity index (χ0v) is 21.4. The molecule has 3 aliphatic heterocycles. The summed E-state index contributed by atoms with van der Waals surface area (Å²) in [4.78, 5) is 26.3. The van der Waals surface area contributed by atoms with Gasteiger partial charge in [-0.25, -0.2) is 4.79 Å². The summed E-state index contributed by atoms with van der Waals surface area (Å²) in [5.74, 6) is -0.0395. The lowest BCUT2D eigenvalue weighted by atomic mass is 9.82. The van der Waals surface area contributed by atoms with Crippen LogP contribution in [0.25, 0.3) is 0 Å². The van der Waals surface area contributed by atoms with Crippen molar-refractivity contribution in [1.82, 2.24) is 10.5 Å². The van der Waals surface area contributed by atoms with E-state index in [1.54, 1.807) is 38.1 Å². The van der Waals surface area contributed by atoms with E-state index in [-0.39, 0.29) is 17.9 Å². The van der Waals surface area contributed by atoms with Gasteiger partial charge in [-0.3, -0.25) is 4.79 Å². The van der Waals surface area contributed by atoms with E-state index in [2.05, 4.69) is 10.5 Å². The number of aryl methyl sites for hydroxylation is 2. The van der Waals surface area contributed by atoms with Crippen LogP contribution in [-0.4, -0.2) is 65.5 Å². The van der Waals surface area contributed by atoms with Crippen LogP contribution in [0.4, 0.5) is 0 Å². The molecule has 1 atom stereocenters. The van der Waals surface area contributed by atoms with E-state index in [4.69, 9.17) is 9.26 Å². The number of hydrogen-bond donors (Lipinski definition) is 2. The maximum Gasteiger partial charge on any atom is 0.348 e. The molecule has 2 N–H and O–H groups in total. The molecule has 2 bridgehead atoms. The van der Waals surface area contributed by atoms with Crippen LogP contribution < -0.4 is 5.32 Å². The number of ether oxygens (including phenoxy) is 1. The third kappa shape index (κ3) is 4.79. The predicted octanol–water partition coefficient (Wildman–Crippen LogP) is 3.11. The Morgan fingerprint density at radius 3 is 2.19 bits per heavy atom. The lowest BCUT2D eigenvalue weighted by Crippen LogP contribution is -2.66. The first-order chi connectivity index (χ1) is 17.8. The Bertz CT molecular complexity index is 1190. The fourth-order valence-corrected chi connectivity index (χ4v) is 5.96. The minimum atomic E-state index is -1.89. The van der Waals surface area contributed by atoms with E-state index in [9.17, 15) is 14.7 Å². The average molecular weight is 505 g/mol. The monoisotopic (exact) mass is 504 g/mol. The van der Waals surface area contributed by atoms with Gasteiger partial charge in [-0.1, -0.05) is 65.8 Å². The molecular formula is C29H34N3O5+. The fraction of sp³-hybridized carbons (Fsp3) is 0.414. The van der Waals surface area contributed by atoms with Crippen molar-refractivity contribution in [3.05, 3.63) is 88.8 Å². The Morgan fingerprint density at radius 2 is 1.65 bits per heavy atom. The molecule has 0 spiro atoms. The first-order valence-corrected chi connectivity index (χ1v) is 12.9. The maximum absolute atomic E-state index is 13.7. The molecule has 2 aromatic carbocycles. The van der Waals surface area contributed by atoms with Gasteiger partial charge in [0.25, 0.3) is 5.91 Å². The molecule has 3 saturated heterocycles. The van der Waals surface area contributed by atoms with Gasteiger partial charge >= 0.3 is 5.97 Å². The largest absolute Gasteiger partial charge is 0.453 e.